The molecule has 0 unspecified atom stereocenters. The number of alkyl halides is 1. The topological polar surface area (TPSA) is 61.2 Å². The van der Waals surface area contributed by atoms with E-state index in [0.717, 1.165) is 0 Å². The molecule has 0 bridgehead atoms. The monoisotopic (exact) mass is 344 g/mol. The fraction of sp³-hybridized carbons (Fsp3) is 0.417. The molecule has 0 saturated carbocycles. The molecule has 0 atom stereocenters. The summed E-state index contributed by atoms with van der Waals surface area (Å²) < 4.78 is 6.52. The highest BCUT2D eigenvalue weighted by atomic mass is 79.9. The summed E-state index contributed by atoms with van der Waals surface area (Å²) in [5.74, 6) is -0.394. The van der Waals surface area contributed by atoms with Crippen molar-refractivity contribution in [2.24, 2.45) is 0 Å². The van der Waals surface area contributed by atoms with Gasteiger partial charge in [0.15, 0.2) is 0 Å². The van der Waals surface area contributed by atoms with Crippen LogP contribution in [0.2, 0.25) is 0 Å². The van der Waals surface area contributed by atoms with Crippen LogP contribution in [-0.4, -0.2) is 27.5 Å². The molecule has 0 aliphatic rings. The Hall–Kier alpha value is -1.21. The second-order valence-electron chi connectivity index (χ2n) is 3.89. The summed E-state index contributed by atoms with van der Waals surface area (Å²) in [4.78, 5) is 29.4. The van der Waals surface area contributed by atoms with Crippen molar-refractivity contribution in [3.63, 3.8) is 0 Å². The van der Waals surface area contributed by atoms with Gasteiger partial charge in [-0.25, -0.2) is 9.78 Å². The van der Waals surface area contributed by atoms with E-state index in [4.69, 9.17) is 4.74 Å². The first kappa shape index (κ1) is 14.2. The lowest BCUT2D eigenvalue weighted by molar-refractivity contribution is 0.0531. The minimum absolute atomic E-state index is 0.117. The molecule has 19 heavy (non-hydrogen) atoms. The number of rotatable bonds is 4. The zero-order valence-corrected chi connectivity index (χ0v) is 13.0. The number of nitrogens with zero attached hydrogens (tertiary/aromatic N) is 2. The Kier molecular flexibility index (Phi) is 4.36. The summed E-state index contributed by atoms with van der Waals surface area (Å²) in [7, 11) is 0. The van der Waals surface area contributed by atoms with Crippen LogP contribution >= 0.6 is 27.3 Å². The standard InChI is InChI=1S/C12H13BrN2O3S/c1-3-18-12(17)9-7(2)8-10(19-9)14-6-15(5-4-13)11(8)16/h6H,3-5H2,1-2H3. The number of carbonyl (C=O) groups is 1. The van der Waals surface area contributed by atoms with Crippen molar-refractivity contribution >= 4 is 43.5 Å². The zero-order chi connectivity index (χ0) is 14.0. The molecule has 2 aromatic rings. The van der Waals surface area contributed by atoms with E-state index in [-0.39, 0.29) is 5.56 Å². The molecule has 0 saturated heterocycles. The van der Waals surface area contributed by atoms with Crippen LogP contribution in [0.4, 0.5) is 0 Å². The van der Waals surface area contributed by atoms with Gasteiger partial charge in [0.25, 0.3) is 5.56 Å². The number of carbonyl (C=O) groups excluding carboxylic acids is 1. The fourth-order valence-corrected chi connectivity index (χ4v) is 3.22. The molecule has 0 aliphatic carbocycles. The average Bonchev–Trinajstić information content (AvgIpc) is 2.71. The number of halogens is 1. The van der Waals surface area contributed by atoms with Gasteiger partial charge in [-0.3, -0.25) is 9.36 Å². The maximum atomic E-state index is 12.3. The zero-order valence-electron chi connectivity index (χ0n) is 10.6. The van der Waals surface area contributed by atoms with Crippen LogP contribution in [0.25, 0.3) is 10.2 Å². The number of thiophene rings is 1. The second-order valence-corrected chi connectivity index (χ2v) is 5.68. The average molecular weight is 345 g/mol. The number of fused-ring (bicyclic) bond motifs is 1. The Bertz CT molecular complexity index is 677. The highest BCUT2D eigenvalue weighted by molar-refractivity contribution is 9.09. The van der Waals surface area contributed by atoms with Gasteiger partial charge in [0.05, 0.1) is 18.3 Å². The Labute approximate surface area is 122 Å². The summed E-state index contributed by atoms with van der Waals surface area (Å²) in [6.45, 7) is 4.37. The largest absolute Gasteiger partial charge is 0.462 e. The lowest BCUT2D eigenvalue weighted by Gasteiger charge is -2.02. The summed E-state index contributed by atoms with van der Waals surface area (Å²) >= 11 is 4.49. The van der Waals surface area contributed by atoms with Crippen molar-refractivity contribution in [3.8, 4) is 0 Å². The minimum Gasteiger partial charge on any atom is -0.462 e. The quantitative estimate of drug-likeness (QED) is 0.630. The smallest absolute Gasteiger partial charge is 0.348 e. The molecule has 0 amide bonds. The van der Waals surface area contributed by atoms with Gasteiger partial charge >= 0.3 is 5.97 Å². The van der Waals surface area contributed by atoms with Crippen molar-refractivity contribution in [3.05, 3.63) is 27.1 Å². The van der Waals surface area contributed by atoms with Crippen LogP contribution in [0.15, 0.2) is 11.1 Å². The van der Waals surface area contributed by atoms with E-state index in [1.165, 1.54) is 22.2 Å². The van der Waals surface area contributed by atoms with E-state index in [9.17, 15) is 9.59 Å². The van der Waals surface area contributed by atoms with Crippen molar-refractivity contribution in [1.29, 1.82) is 0 Å². The van der Waals surface area contributed by atoms with Crippen molar-refractivity contribution < 1.29 is 9.53 Å². The first-order valence-corrected chi connectivity index (χ1v) is 7.75. The highest BCUT2D eigenvalue weighted by Gasteiger charge is 2.19. The predicted octanol–water partition coefficient (Wildman–Crippen LogP) is 2.34. The van der Waals surface area contributed by atoms with Gasteiger partial charge < -0.3 is 4.74 Å². The lowest BCUT2D eigenvalue weighted by Crippen LogP contribution is -2.21. The molecule has 102 valence electrons. The molecule has 0 radical (unpaired) electrons. The van der Waals surface area contributed by atoms with E-state index < -0.39 is 5.97 Å². The Morgan fingerprint density at radius 2 is 2.32 bits per heavy atom. The van der Waals surface area contributed by atoms with Gasteiger partial charge in [0.1, 0.15) is 9.71 Å². The Balaban J connectivity index is 2.61. The number of hydrogen-bond acceptors (Lipinski definition) is 5. The normalized spacial score (nSPS) is 10.9. The molecular formula is C12H13BrN2O3S. The van der Waals surface area contributed by atoms with E-state index >= 15 is 0 Å². The molecule has 7 heteroatoms. The lowest BCUT2D eigenvalue weighted by atomic mass is 10.2. The molecule has 5 nitrogen and oxygen atoms in total. The first-order valence-electron chi connectivity index (χ1n) is 5.81. The minimum atomic E-state index is -0.394. The Morgan fingerprint density at radius 3 is 2.95 bits per heavy atom. The third-order valence-corrected chi connectivity index (χ3v) is 4.24. The maximum Gasteiger partial charge on any atom is 0.348 e. The summed E-state index contributed by atoms with van der Waals surface area (Å²) in [6, 6.07) is 0. The van der Waals surface area contributed by atoms with Gasteiger partial charge in [-0.15, -0.1) is 11.3 Å². The molecule has 0 aliphatic heterocycles. The van der Waals surface area contributed by atoms with Gasteiger partial charge in [0.2, 0.25) is 0 Å². The van der Waals surface area contributed by atoms with Crippen molar-refractivity contribution in [2.75, 3.05) is 11.9 Å². The molecular weight excluding hydrogens is 332 g/mol. The maximum absolute atomic E-state index is 12.3. The highest BCUT2D eigenvalue weighted by Crippen LogP contribution is 2.27. The molecule has 2 heterocycles. The number of esters is 1. The number of aryl methyl sites for hydroxylation is 2. The molecule has 0 fully saturated rings. The summed E-state index contributed by atoms with van der Waals surface area (Å²) in [6.07, 6.45) is 1.51. The molecule has 0 spiro atoms. The fourth-order valence-electron chi connectivity index (χ4n) is 1.80. The van der Waals surface area contributed by atoms with E-state index in [2.05, 4.69) is 20.9 Å². The van der Waals surface area contributed by atoms with E-state index in [0.29, 0.717) is 39.1 Å². The SMILES string of the molecule is CCOC(=O)c1sc2ncn(CCBr)c(=O)c2c1C. The van der Waals surface area contributed by atoms with Gasteiger partial charge in [-0.2, -0.15) is 0 Å². The number of ether oxygens (including phenoxy) is 1. The number of hydrogen-bond donors (Lipinski definition) is 0. The molecule has 2 rings (SSSR count). The third kappa shape index (κ3) is 2.57. The van der Waals surface area contributed by atoms with E-state index in [1.807, 2.05) is 0 Å². The van der Waals surface area contributed by atoms with Crippen LogP contribution in [0.5, 0.6) is 0 Å². The number of aromatic nitrogens is 2. The molecule has 0 N–H and O–H groups in total. The van der Waals surface area contributed by atoms with Crippen LogP contribution in [0.3, 0.4) is 0 Å². The molecule has 2 aromatic heterocycles. The third-order valence-electron chi connectivity index (χ3n) is 2.70. The van der Waals surface area contributed by atoms with Gasteiger partial charge in [-0.05, 0) is 19.4 Å². The van der Waals surface area contributed by atoms with Crippen LogP contribution in [0, 0.1) is 6.92 Å². The summed E-state index contributed by atoms with van der Waals surface area (Å²) in [5, 5.41) is 1.19. The Morgan fingerprint density at radius 1 is 1.58 bits per heavy atom. The summed E-state index contributed by atoms with van der Waals surface area (Å²) in [5.41, 5.74) is 0.536. The van der Waals surface area contributed by atoms with E-state index in [1.54, 1.807) is 13.8 Å². The second kappa shape index (κ2) is 5.83. The molecule has 0 aromatic carbocycles. The van der Waals surface area contributed by atoms with Crippen LogP contribution in [-0.2, 0) is 11.3 Å². The van der Waals surface area contributed by atoms with Gasteiger partial charge in [-0.1, -0.05) is 15.9 Å². The van der Waals surface area contributed by atoms with Crippen LogP contribution < -0.4 is 5.56 Å². The first-order chi connectivity index (χ1) is 9.10. The van der Waals surface area contributed by atoms with Crippen molar-refractivity contribution in [1.82, 2.24) is 9.55 Å². The van der Waals surface area contributed by atoms with Crippen LogP contribution in [0.1, 0.15) is 22.2 Å². The van der Waals surface area contributed by atoms with Crippen molar-refractivity contribution in [2.45, 2.75) is 20.4 Å². The predicted molar refractivity (Wildman–Crippen MR) is 78.4 cm³/mol. The van der Waals surface area contributed by atoms with Gasteiger partial charge in [0, 0.05) is 11.9 Å².